The van der Waals surface area contributed by atoms with E-state index in [0.717, 1.165) is 53.1 Å². The molecule has 0 atom stereocenters. The summed E-state index contributed by atoms with van der Waals surface area (Å²) in [4.78, 5) is 5.92. The van der Waals surface area contributed by atoms with E-state index in [2.05, 4.69) is 46.3 Å². The number of ether oxygens (including phenoxy) is 1. The highest BCUT2D eigenvalue weighted by Crippen LogP contribution is 2.24. The van der Waals surface area contributed by atoms with Crippen molar-refractivity contribution in [3.05, 3.63) is 69.3 Å². The topological polar surface area (TPSA) is 29.8 Å². The molecule has 1 saturated heterocycles. The number of rotatable bonds is 3. The van der Waals surface area contributed by atoms with E-state index in [4.69, 9.17) is 21.3 Å². The number of aromatic nitrogens is 1. The Kier molecular flexibility index (Phi) is 5.11. The molecule has 2 aromatic carbocycles. The Hall–Kier alpha value is -2.08. The number of morpholine rings is 1. The van der Waals surface area contributed by atoms with Crippen molar-refractivity contribution >= 4 is 28.6 Å². The molecule has 0 N–H and O–H groups in total. The summed E-state index contributed by atoms with van der Waals surface area (Å²) in [5, 5.41) is 5.21. The highest BCUT2D eigenvalue weighted by atomic mass is 35.5. The van der Waals surface area contributed by atoms with Gasteiger partial charge in [0, 0.05) is 16.0 Å². The Balaban J connectivity index is 1.86. The second-order valence-electron chi connectivity index (χ2n) is 6.19. The molecular formula is C20H20ClN3OS. The quantitative estimate of drug-likeness (QED) is 0.669. The van der Waals surface area contributed by atoms with Crippen LogP contribution in [0.15, 0.2) is 58.9 Å². The number of para-hydroxylation sites is 1. The van der Waals surface area contributed by atoms with Gasteiger partial charge in [0.2, 0.25) is 4.80 Å². The molecule has 1 aromatic heterocycles. The highest BCUT2D eigenvalue weighted by Gasteiger charge is 2.17. The van der Waals surface area contributed by atoms with Crippen LogP contribution < -0.4 is 9.81 Å². The van der Waals surface area contributed by atoms with E-state index in [9.17, 15) is 0 Å². The second kappa shape index (κ2) is 7.66. The van der Waals surface area contributed by atoms with Gasteiger partial charge in [-0.25, -0.2) is 9.67 Å². The minimum absolute atomic E-state index is 0.729. The third-order valence-electron chi connectivity index (χ3n) is 4.43. The molecule has 0 unspecified atom stereocenters. The number of halogens is 1. The number of nitrogens with zero attached hydrogens (tertiary/aromatic N) is 3. The predicted molar refractivity (Wildman–Crippen MR) is 108 cm³/mol. The van der Waals surface area contributed by atoms with Gasteiger partial charge >= 0.3 is 0 Å². The van der Waals surface area contributed by atoms with Crippen LogP contribution in [-0.2, 0) is 4.74 Å². The van der Waals surface area contributed by atoms with Gasteiger partial charge < -0.3 is 9.75 Å². The lowest BCUT2D eigenvalue weighted by atomic mass is 10.2. The fourth-order valence-corrected chi connectivity index (χ4v) is 4.06. The Labute approximate surface area is 161 Å². The number of aryl methyl sites for hydroxylation is 1. The summed E-state index contributed by atoms with van der Waals surface area (Å²) in [6.45, 7) is 5.24. The van der Waals surface area contributed by atoms with Crippen LogP contribution in [0.5, 0.6) is 0 Å². The van der Waals surface area contributed by atoms with Crippen LogP contribution in [-0.4, -0.2) is 31.0 Å². The summed E-state index contributed by atoms with van der Waals surface area (Å²) in [7, 11) is 0. The number of thiazole rings is 1. The van der Waals surface area contributed by atoms with Crippen LogP contribution in [0.4, 0.5) is 5.69 Å². The summed E-state index contributed by atoms with van der Waals surface area (Å²) < 4.78 is 7.76. The van der Waals surface area contributed by atoms with Crippen LogP contribution in [0, 0.1) is 6.92 Å². The Morgan fingerprint density at radius 2 is 1.77 bits per heavy atom. The van der Waals surface area contributed by atoms with Crippen molar-refractivity contribution in [2.75, 3.05) is 31.3 Å². The van der Waals surface area contributed by atoms with E-state index in [1.165, 1.54) is 5.56 Å². The zero-order chi connectivity index (χ0) is 17.9. The molecule has 1 fully saturated rings. The van der Waals surface area contributed by atoms with Gasteiger partial charge in [-0.05, 0) is 30.7 Å². The summed E-state index contributed by atoms with van der Waals surface area (Å²) >= 11 is 7.72. The molecule has 1 aliphatic heterocycles. The van der Waals surface area contributed by atoms with Crippen molar-refractivity contribution in [2.45, 2.75) is 6.92 Å². The van der Waals surface area contributed by atoms with Crippen molar-refractivity contribution in [1.82, 2.24) is 4.68 Å². The minimum atomic E-state index is 0.729. The standard InChI is InChI=1S/C20H20ClN3OS/c1-15-4-2-3-5-18(15)22-20-24(23-10-12-25-13-11-23)19(14-26-20)16-6-8-17(21)9-7-16/h2-9,14H,10-13H2,1H3. The number of hydrogen-bond donors (Lipinski definition) is 0. The first kappa shape index (κ1) is 17.3. The molecule has 26 heavy (non-hydrogen) atoms. The normalized spacial score (nSPS) is 15.5. The third kappa shape index (κ3) is 3.56. The fourth-order valence-electron chi connectivity index (χ4n) is 3.02. The molecule has 3 aromatic rings. The first-order valence-electron chi connectivity index (χ1n) is 8.62. The van der Waals surface area contributed by atoms with E-state index in [0.29, 0.717) is 0 Å². The van der Waals surface area contributed by atoms with Crippen molar-refractivity contribution < 1.29 is 4.74 Å². The van der Waals surface area contributed by atoms with Gasteiger partial charge in [-0.2, -0.15) is 0 Å². The summed E-state index contributed by atoms with van der Waals surface area (Å²) in [5.74, 6) is 0. The number of benzene rings is 2. The molecule has 0 aliphatic carbocycles. The molecule has 0 radical (unpaired) electrons. The van der Waals surface area contributed by atoms with Crippen LogP contribution in [0.1, 0.15) is 5.56 Å². The maximum atomic E-state index is 6.07. The monoisotopic (exact) mass is 385 g/mol. The maximum Gasteiger partial charge on any atom is 0.209 e. The molecule has 2 heterocycles. The van der Waals surface area contributed by atoms with Gasteiger partial charge in [-0.3, -0.25) is 0 Å². The third-order valence-corrected chi connectivity index (χ3v) is 5.50. The average molecular weight is 386 g/mol. The summed E-state index contributed by atoms with van der Waals surface area (Å²) in [6.07, 6.45) is 0. The van der Waals surface area contributed by atoms with Gasteiger partial charge in [0.15, 0.2) is 0 Å². The summed E-state index contributed by atoms with van der Waals surface area (Å²) in [6, 6.07) is 16.2. The fraction of sp³-hybridized carbons (Fsp3) is 0.250. The SMILES string of the molecule is Cc1ccccc1N=c1scc(-c2ccc(Cl)cc2)n1N1CCOCC1. The molecule has 1 aliphatic rings. The van der Waals surface area contributed by atoms with Crippen molar-refractivity contribution in [3.63, 3.8) is 0 Å². The van der Waals surface area contributed by atoms with Gasteiger partial charge in [-0.1, -0.05) is 41.9 Å². The van der Waals surface area contributed by atoms with Crippen molar-refractivity contribution in [3.8, 4) is 11.3 Å². The van der Waals surface area contributed by atoms with Crippen LogP contribution >= 0.6 is 22.9 Å². The van der Waals surface area contributed by atoms with E-state index in [1.54, 1.807) is 11.3 Å². The van der Waals surface area contributed by atoms with E-state index in [1.807, 2.05) is 24.3 Å². The number of hydrogen-bond acceptors (Lipinski definition) is 4. The predicted octanol–water partition coefficient (Wildman–Crippen LogP) is 4.38. The Morgan fingerprint density at radius 3 is 2.50 bits per heavy atom. The maximum absolute atomic E-state index is 6.07. The van der Waals surface area contributed by atoms with Gasteiger partial charge in [0.25, 0.3) is 0 Å². The lowest BCUT2D eigenvalue weighted by molar-refractivity contribution is 0.111. The molecule has 0 bridgehead atoms. The minimum Gasteiger partial charge on any atom is -0.378 e. The molecule has 0 amide bonds. The van der Waals surface area contributed by atoms with Gasteiger partial charge in [0.1, 0.15) is 0 Å². The lowest BCUT2D eigenvalue weighted by Gasteiger charge is -2.31. The molecule has 0 saturated carbocycles. The molecule has 4 nitrogen and oxygen atoms in total. The van der Waals surface area contributed by atoms with Crippen molar-refractivity contribution in [2.24, 2.45) is 4.99 Å². The molecule has 6 heteroatoms. The van der Waals surface area contributed by atoms with Crippen molar-refractivity contribution in [1.29, 1.82) is 0 Å². The van der Waals surface area contributed by atoms with E-state index in [-0.39, 0.29) is 0 Å². The smallest absolute Gasteiger partial charge is 0.209 e. The van der Waals surface area contributed by atoms with Crippen LogP contribution in [0.25, 0.3) is 11.3 Å². The lowest BCUT2D eigenvalue weighted by Crippen LogP contribution is -2.48. The largest absolute Gasteiger partial charge is 0.378 e. The molecule has 134 valence electrons. The molecule has 0 spiro atoms. The second-order valence-corrected chi connectivity index (χ2v) is 7.46. The average Bonchev–Trinajstić information content (AvgIpc) is 3.08. The van der Waals surface area contributed by atoms with E-state index < -0.39 is 0 Å². The zero-order valence-corrected chi connectivity index (χ0v) is 16.1. The zero-order valence-electron chi connectivity index (χ0n) is 14.6. The van der Waals surface area contributed by atoms with Gasteiger partial charge in [0.05, 0.1) is 37.7 Å². The first-order chi connectivity index (χ1) is 12.7. The Morgan fingerprint density at radius 1 is 1.04 bits per heavy atom. The summed E-state index contributed by atoms with van der Waals surface area (Å²) in [5.41, 5.74) is 4.42. The highest BCUT2D eigenvalue weighted by molar-refractivity contribution is 7.07. The first-order valence-corrected chi connectivity index (χ1v) is 9.88. The van der Waals surface area contributed by atoms with Crippen LogP contribution in [0.3, 0.4) is 0 Å². The van der Waals surface area contributed by atoms with Crippen LogP contribution in [0.2, 0.25) is 5.02 Å². The van der Waals surface area contributed by atoms with Gasteiger partial charge in [-0.15, -0.1) is 11.3 Å². The Bertz CT molecular complexity index is 956. The molecular weight excluding hydrogens is 366 g/mol. The van der Waals surface area contributed by atoms with E-state index >= 15 is 0 Å². The molecule has 4 rings (SSSR count).